The number of fused-ring (bicyclic) bond motifs is 1. The van der Waals surface area contributed by atoms with E-state index < -0.39 is 0 Å². The lowest BCUT2D eigenvalue weighted by molar-refractivity contribution is 1.04. The predicted molar refractivity (Wildman–Crippen MR) is 48.5 cm³/mol. The lowest BCUT2D eigenvalue weighted by Gasteiger charge is -1.97. The first-order chi connectivity index (χ1) is 5.86. The number of rotatable bonds is 0. The molecule has 0 bridgehead atoms. The molecule has 0 saturated heterocycles. The topological polar surface area (TPSA) is 25.8 Å². The molecular formula is C10H10N2. The molecule has 0 N–H and O–H groups in total. The second-order valence-corrected chi connectivity index (χ2v) is 2.88. The number of hydrogen-bond acceptors (Lipinski definition) is 2. The summed E-state index contributed by atoms with van der Waals surface area (Å²) in [6.07, 6.45) is 10.6. The zero-order valence-corrected chi connectivity index (χ0v) is 6.99. The second kappa shape index (κ2) is 2.89. The van der Waals surface area contributed by atoms with Crippen LogP contribution in [0.1, 0.15) is 18.3 Å². The van der Waals surface area contributed by atoms with Crippen LogP contribution in [0.4, 0.5) is 0 Å². The molecule has 2 heteroatoms. The molecule has 0 amide bonds. The summed E-state index contributed by atoms with van der Waals surface area (Å²) < 4.78 is 0. The summed E-state index contributed by atoms with van der Waals surface area (Å²) >= 11 is 0. The maximum absolute atomic E-state index is 4.26. The zero-order valence-electron chi connectivity index (χ0n) is 6.99. The normalized spacial score (nSPS) is 14.9. The van der Waals surface area contributed by atoms with Gasteiger partial charge in [0.1, 0.15) is 0 Å². The fraction of sp³-hybridized carbons (Fsp3) is 0.200. The van der Waals surface area contributed by atoms with E-state index in [1.807, 2.05) is 0 Å². The van der Waals surface area contributed by atoms with E-state index in [-0.39, 0.29) is 0 Å². The first kappa shape index (κ1) is 7.22. The number of nitrogens with zero attached hydrogens (tertiary/aromatic N) is 2. The van der Waals surface area contributed by atoms with Gasteiger partial charge in [0.05, 0.1) is 11.4 Å². The molecule has 12 heavy (non-hydrogen) atoms. The van der Waals surface area contributed by atoms with E-state index in [1.165, 1.54) is 5.57 Å². The van der Waals surface area contributed by atoms with Gasteiger partial charge in [0.25, 0.3) is 0 Å². The van der Waals surface area contributed by atoms with Crippen molar-refractivity contribution >= 4 is 6.08 Å². The van der Waals surface area contributed by atoms with Gasteiger partial charge in [-0.3, -0.25) is 9.97 Å². The lowest BCUT2D eigenvalue weighted by atomic mass is 10.2. The van der Waals surface area contributed by atoms with Crippen molar-refractivity contribution in [1.82, 2.24) is 9.97 Å². The van der Waals surface area contributed by atoms with Gasteiger partial charge >= 0.3 is 0 Å². The zero-order chi connectivity index (χ0) is 8.39. The van der Waals surface area contributed by atoms with Crippen molar-refractivity contribution in [2.24, 2.45) is 0 Å². The summed E-state index contributed by atoms with van der Waals surface area (Å²) in [5, 5.41) is 0. The minimum atomic E-state index is 0.886. The van der Waals surface area contributed by atoms with Crippen LogP contribution in [0.3, 0.4) is 0 Å². The third kappa shape index (κ3) is 1.28. The Morgan fingerprint density at radius 2 is 2.08 bits per heavy atom. The monoisotopic (exact) mass is 158 g/mol. The summed E-state index contributed by atoms with van der Waals surface area (Å²) in [5.74, 6) is 0. The largest absolute Gasteiger partial charge is 0.257 e. The minimum Gasteiger partial charge on any atom is -0.257 e. The van der Waals surface area contributed by atoms with Gasteiger partial charge in [-0.25, -0.2) is 0 Å². The Morgan fingerprint density at radius 1 is 1.25 bits per heavy atom. The molecule has 1 aliphatic carbocycles. The van der Waals surface area contributed by atoms with Crippen LogP contribution in [0.25, 0.3) is 6.08 Å². The van der Waals surface area contributed by atoms with Crippen LogP contribution in [0.15, 0.2) is 30.1 Å². The summed E-state index contributed by atoms with van der Waals surface area (Å²) in [6.45, 7) is 2.07. The van der Waals surface area contributed by atoms with E-state index in [0.717, 1.165) is 17.8 Å². The quantitative estimate of drug-likeness (QED) is 0.577. The van der Waals surface area contributed by atoms with Gasteiger partial charge in [-0.2, -0.15) is 0 Å². The van der Waals surface area contributed by atoms with Gasteiger partial charge in [0.2, 0.25) is 0 Å². The van der Waals surface area contributed by atoms with Crippen LogP contribution in [0.2, 0.25) is 0 Å². The third-order valence-electron chi connectivity index (χ3n) is 1.86. The molecule has 1 aliphatic rings. The molecule has 1 aromatic heterocycles. The summed E-state index contributed by atoms with van der Waals surface area (Å²) in [6, 6.07) is 0. The van der Waals surface area contributed by atoms with Crippen molar-refractivity contribution < 1.29 is 0 Å². The van der Waals surface area contributed by atoms with Crippen molar-refractivity contribution in [2.45, 2.75) is 13.3 Å². The first-order valence-electron chi connectivity index (χ1n) is 4.01. The molecule has 0 aliphatic heterocycles. The maximum atomic E-state index is 4.26. The van der Waals surface area contributed by atoms with Crippen molar-refractivity contribution in [2.75, 3.05) is 0 Å². The molecule has 0 aromatic carbocycles. The minimum absolute atomic E-state index is 0.886. The summed E-state index contributed by atoms with van der Waals surface area (Å²) in [7, 11) is 0. The standard InChI is InChI=1S/C10H10N2/c1-8-3-2-4-9-10(7-8)12-6-5-11-9/h2-3,5-7H,4H2,1H3. The Balaban J connectivity index is 2.54. The number of hydrogen-bond donors (Lipinski definition) is 0. The van der Waals surface area contributed by atoms with Crippen molar-refractivity contribution in [3.8, 4) is 0 Å². The van der Waals surface area contributed by atoms with Crippen LogP contribution in [0.5, 0.6) is 0 Å². The maximum Gasteiger partial charge on any atom is 0.0850 e. The van der Waals surface area contributed by atoms with Gasteiger partial charge in [-0.05, 0) is 18.6 Å². The van der Waals surface area contributed by atoms with Gasteiger partial charge in [-0.1, -0.05) is 12.2 Å². The molecule has 0 saturated carbocycles. The highest BCUT2D eigenvalue weighted by Crippen LogP contribution is 2.13. The van der Waals surface area contributed by atoms with E-state index in [0.29, 0.717) is 0 Å². The molecule has 2 rings (SSSR count). The van der Waals surface area contributed by atoms with Gasteiger partial charge in [-0.15, -0.1) is 0 Å². The van der Waals surface area contributed by atoms with E-state index in [9.17, 15) is 0 Å². The number of allylic oxidation sites excluding steroid dienone is 3. The average molecular weight is 158 g/mol. The molecule has 2 nitrogen and oxygen atoms in total. The highest BCUT2D eigenvalue weighted by atomic mass is 14.8. The fourth-order valence-corrected chi connectivity index (χ4v) is 1.28. The van der Waals surface area contributed by atoms with Gasteiger partial charge < -0.3 is 0 Å². The van der Waals surface area contributed by atoms with E-state index in [1.54, 1.807) is 12.4 Å². The smallest absolute Gasteiger partial charge is 0.0850 e. The molecule has 0 fully saturated rings. The Kier molecular flexibility index (Phi) is 1.74. The van der Waals surface area contributed by atoms with Crippen molar-refractivity contribution in [3.05, 3.63) is 41.5 Å². The Labute approximate surface area is 71.7 Å². The molecule has 0 radical (unpaired) electrons. The molecule has 60 valence electrons. The predicted octanol–water partition coefficient (Wildman–Crippen LogP) is 1.99. The summed E-state index contributed by atoms with van der Waals surface area (Å²) in [4.78, 5) is 8.51. The highest BCUT2D eigenvalue weighted by Gasteiger charge is 2.02. The van der Waals surface area contributed by atoms with Crippen LogP contribution >= 0.6 is 0 Å². The summed E-state index contributed by atoms with van der Waals surface area (Å²) in [5.41, 5.74) is 3.29. The van der Waals surface area contributed by atoms with Crippen LogP contribution in [0, 0.1) is 0 Å². The third-order valence-corrected chi connectivity index (χ3v) is 1.86. The van der Waals surface area contributed by atoms with Gasteiger partial charge in [0.15, 0.2) is 0 Å². The van der Waals surface area contributed by atoms with Crippen molar-refractivity contribution in [1.29, 1.82) is 0 Å². The van der Waals surface area contributed by atoms with Gasteiger partial charge in [0, 0.05) is 18.8 Å². The van der Waals surface area contributed by atoms with E-state index in [2.05, 4.69) is 35.1 Å². The van der Waals surface area contributed by atoms with E-state index in [4.69, 9.17) is 0 Å². The second-order valence-electron chi connectivity index (χ2n) is 2.88. The van der Waals surface area contributed by atoms with Crippen molar-refractivity contribution in [3.63, 3.8) is 0 Å². The lowest BCUT2D eigenvalue weighted by Crippen LogP contribution is -1.93. The average Bonchev–Trinajstić information content (AvgIpc) is 2.25. The molecule has 0 spiro atoms. The van der Waals surface area contributed by atoms with Crippen LogP contribution < -0.4 is 0 Å². The molecular weight excluding hydrogens is 148 g/mol. The molecule has 1 aromatic rings. The Morgan fingerprint density at radius 3 is 3.00 bits per heavy atom. The molecule has 0 atom stereocenters. The molecule has 0 unspecified atom stereocenters. The Hall–Kier alpha value is -1.44. The van der Waals surface area contributed by atoms with Crippen LogP contribution in [-0.4, -0.2) is 9.97 Å². The fourth-order valence-electron chi connectivity index (χ4n) is 1.28. The van der Waals surface area contributed by atoms with E-state index >= 15 is 0 Å². The number of aromatic nitrogens is 2. The SMILES string of the molecule is CC1=Cc2nccnc2CC=C1. The van der Waals surface area contributed by atoms with Crippen LogP contribution in [-0.2, 0) is 6.42 Å². The first-order valence-corrected chi connectivity index (χ1v) is 4.01. The highest BCUT2D eigenvalue weighted by molar-refractivity contribution is 5.55. The Bertz CT molecular complexity index is 351. The molecule has 1 heterocycles.